The van der Waals surface area contributed by atoms with Crippen LogP contribution in [0.4, 0.5) is 5.69 Å². The molecule has 2 aromatic carbocycles. The van der Waals surface area contributed by atoms with Crippen LogP contribution in [0.1, 0.15) is 29.9 Å². The molecule has 0 atom stereocenters. The van der Waals surface area contributed by atoms with Crippen LogP contribution >= 0.6 is 0 Å². The van der Waals surface area contributed by atoms with Crippen LogP contribution in [-0.4, -0.2) is 56.3 Å². The molecule has 3 aromatic rings. The van der Waals surface area contributed by atoms with Gasteiger partial charge in [-0.15, -0.1) is 0 Å². The van der Waals surface area contributed by atoms with E-state index in [1.54, 1.807) is 20.2 Å². The molecule has 10 heteroatoms. The summed E-state index contributed by atoms with van der Waals surface area (Å²) in [6.07, 6.45) is 1.74. The van der Waals surface area contributed by atoms with Crippen molar-refractivity contribution in [1.29, 1.82) is 0 Å². The molecule has 1 heterocycles. The minimum Gasteiger partial charge on any atom is -0.497 e. The molecule has 0 N–H and O–H groups in total. The van der Waals surface area contributed by atoms with E-state index in [0.29, 0.717) is 29.6 Å². The van der Waals surface area contributed by atoms with E-state index in [2.05, 4.69) is 10.1 Å². The number of aryl methyl sites for hydroxylation is 2. The van der Waals surface area contributed by atoms with Gasteiger partial charge in [-0.3, -0.25) is 9.10 Å². The van der Waals surface area contributed by atoms with E-state index in [1.165, 1.54) is 15.5 Å². The lowest BCUT2D eigenvalue weighted by Crippen LogP contribution is -2.32. The smallest absolute Gasteiger partial charge is 0.246 e. The number of carbonyl (C=O) groups excluding carboxylic acids is 1. The first-order chi connectivity index (χ1) is 16.1. The number of nitrogens with zero attached hydrogens (tertiary/aromatic N) is 4. The van der Waals surface area contributed by atoms with Crippen molar-refractivity contribution in [1.82, 2.24) is 15.0 Å². The highest BCUT2D eigenvalue weighted by Gasteiger charge is 2.20. The zero-order valence-corrected chi connectivity index (χ0v) is 20.9. The zero-order chi connectivity index (χ0) is 24.9. The van der Waals surface area contributed by atoms with Crippen LogP contribution in [0.3, 0.4) is 0 Å². The van der Waals surface area contributed by atoms with Crippen LogP contribution in [0, 0.1) is 13.8 Å². The number of sulfonamides is 1. The third kappa shape index (κ3) is 6.57. The quantitative estimate of drug-likeness (QED) is 0.431. The molecular weight excluding hydrogens is 456 g/mol. The fourth-order valence-corrected chi connectivity index (χ4v) is 4.58. The molecule has 0 fully saturated rings. The Labute approximate surface area is 200 Å². The highest BCUT2D eigenvalue weighted by molar-refractivity contribution is 7.92. The van der Waals surface area contributed by atoms with Crippen molar-refractivity contribution in [2.75, 3.05) is 31.3 Å². The fourth-order valence-electron chi connectivity index (χ4n) is 3.64. The third-order valence-electron chi connectivity index (χ3n) is 5.24. The zero-order valence-electron chi connectivity index (χ0n) is 20.1. The van der Waals surface area contributed by atoms with Gasteiger partial charge in [0.2, 0.25) is 27.6 Å². The van der Waals surface area contributed by atoms with E-state index in [1.807, 2.05) is 50.2 Å². The predicted octanol–water partition coefficient (Wildman–Crippen LogP) is 3.57. The average molecular weight is 487 g/mol. The third-order valence-corrected chi connectivity index (χ3v) is 6.43. The largest absolute Gasteiger partial charge is 0.497 e. The van der Waals surface area contributed by atoms with Gasteiger partial charge in [-0.05, 0) is 55.7 Å². The second-order valence-corrected chi connectivity index (χ2v) is 10.2. The van der Waals surface area contributed by atoms with Crippen molar-refractivity contribution in [3.05, 3.63) is 59.5 Å². The number of aromatic nitrogens is 2. The molecule has 1 aromatic heterocycles. The van der Waals surface area contributed by atoms with Gasteiger partial charge in [0.05, 0.1) is 25.6 Å². The van der Waals surface area contributed by atoms with E-state index in [0.717, 1.165) is 16.7 Å². The molecule has 3 rings (SSSR count). The lowest BCUT2D eigenvalue weighted by Gasteiger charge is -2.23. The molecule has 34 heavy (non-hydrogen) atoms. The molecular formula is C24H30N4O5S. The van der Waals surface area contributed by atoms with E-state index in [4.69, 9.17) is 9.26 Å². The average Bonchev–Trinajstić information content (AvgIpc) is 3.23. The van der Waals surface area contributed by atoms with Crippen molar-refractivity contribution in [3.8, 4) is 17.1 Å². The first-order valence-electron chi connectivity index (χ1n) is 10.8. The number of benzene rings is 2. The Morgan fingerprint density at radius 2 is 1.82 bits per heavy atom. The molecule has 0 radical (unpaired) electrons. The van der Waals surface area contributed by atoms with Crippen molar-refractivity contribution in [2.24, 2.45) is 0 Å². The van der Waals surface area contributed by atoms with Gasteiger partial charge < -0.3 is 14.2 Å². The maximum Gasteiger partial charge on any atom is 0.246 e. The Morgan fingerprint density at radius 3 is 2.47 bits per heavy atom. The Hall–Kier alpha value is -3.40. The first-order valence-corrected chi connectivity index (χ1v) is 12.7. The van der Waals surface area contributed by atoms with Gasteiger partial charge in [0.15, 0.2) is 0 Å². The van der Waals surface area contributed by atoms with Crippen LogP contribution in [0.2, 0.25) is 0 Å². The van der Waals surface area contributed by atoms with Gasteiger partial charge in [-0.25, -0.2) is 8.42 Å². The number of carbonyl (C=O) groups is 1. The van der Waals surface area contributed by atoms with Crippen LogP contribution in [0.5, 0.6) is 5.75 Å². The Morgan fingerprint density at radius 1 is 1.12 bits per heavy atom. The van der Waals surface area contributed by atoms with Gasteiger partial charge in [-0.1, -0.05) is 23.4 Å². The molecule has 0 saturated heterocycles. The predicted molar refractivity (Wildman–Crippen MR) is 130 cm³/mol. The topological polar surface area (TPSA) is 106 Å². The minimum atomic E-state index is -3.48. The van der Waals surface area contributed by atoms with Crippen molar-refractivity contribution in [2.45, 2.75) is 33.2 Å². The molecule has 0 aliphatic heterocycles. The van der Waals surface area contributed by atoms with E-state index in [9.17, 15) is 13.2 Å². The molecule has 0 spiro atoms. The summed E-state index contributed by atoms with van der Waals surface area (Å²) in [5, 5.41) is 3.98. The Kier molecular flexibility index (Phi) is 7.93. The van der Waals surface area contributed by atoms with Gasteiger partial charge >= 0.3 is 0 Å². The molecule has 1 amide bonds. The fraction of sp³-hybridized carbons (Fsp3) is 0.375. The van der Waals surface area contributed by atoms with Crippen molar-refractivity contribution in [3.63, 3.8) is 0 Å². The molecule has 0 aliphatic rings. The van der Waals surface area contributed by atoms with Gasteiger partial charge in [-0.2, -0.15) is 4.98 Å². The van der Waals surface area contributed by atoms with Crippen LogP contribution < -0.4 is 9.04 Å². The summed E-state index contributed by atoms with van der Waals surface area (Å²) in [4.78, 5) is 18.5. The molecule has 9 nitrogen and oxygen atoms in total. The number of methoxy groups -OCH3 is 1. The minimum absolute atomic E-state index is 0.144. The number of anilines is 1. The number of amides is 1. The summed E-state index contributed by atoms with van der Waals surface area (Å²) in [5.41, 5.74) is 3.31. The summed E-state index contributed by atoms with van der Waals surface area (Å²) >= 11 is 0. The highest BCUT2D eigenvalue weighted by Crippen LogP contribution is 2.23. The normalized spacial score (nSPS) is 11.3. The standard InChI is InChI=1S/C24H30N4O5S/c1-17-12-18(2)14-20(13-17)28(34(5,30)31)11-7-10-23(29)27(3)16-22-25-24(26-33-22)19-8-6-9-21(15-19)32-4/h6,8-9,12-15H,7,10-11,16H2,1-5H3. The van der Waals surface area contributed by atoms with E-state index in [-0.39, 0.29) is 25.4 Å². The number of rotatable bonds is 10. The number of hydrogen-bond donors (Lipinski definition) is 0. The Balaban J connectivity index is 1.58. The summed E-state index contributed by atoms with van der Waals surface area (Å²) in [6, 6.07) is 12.9. The van der Waals surface area contributed by atoms with Gasteiger partial charge in [0.1, 0.15) is 5.75 Å². The maximum absolute atomic E-state index is 12.6. The van der Waals surface area contributed by atoms with E-state index >= 15 is 0 Å². The van der Waals surface area contributed by atoms with Crippen molar-refractivity contribution < 1.29 is 22.5 Å². The summed E-state index contributed by atoms with van der Waals surface area (Å²) in [7, 11) is -0.250. The molecule has 0 aliphatic carbocycles. The first kappa shape index (κ1) is 25.2. The molecule has 0 saturated carbocycles. The van der Waals surface area contributed by atoms with Gasteiger partial charge in [0, 0.05) is 25.6 Å². The summed E-state index contributed by atoms with van der Waals surface area (Å²) in [5.74, 6) is 1.25. The number of hydrogen-bond acceptors (Lipinski definition) is 7. The van der Waals surface area contributed by atoms with Crippen molar-refractivity contribution >= 4 is 21.6 Å². The molecule has 0 unspecified atom stereocenters. The maximum atomic E-state index is 12.6. The SMILES string of the molecule is COc1cccc(-c2noc(CN(C)C(=O)CCCN(c3cc(C)cc(C)c3)S(C)(=O)=O)n2)c1. The molecule has 0 bridgehead atoms. The van der Waals surface area contributed by atoms with Gasteiger partial charge in [0.25, 0.3) is 0 Å². The lowest BCUT2D eigenvalue weighted by molar-refractivity contribution is -0.130. The van der Waals surface area contributed by atoms with E-state index < -0.39 is 10.0 Å². The van der Waals surface area contributed by atoms with Crippen LogP contribution in [0.15, 0.2) is 47.0 Å². The number of ether oxygens (including phenoxy) is 1. The monoisotopic (exact) mass is 486 g/mol. The highest BCUT2D eigenvalue weighted by atomic mass is 32.2. The molecule has 182 valence electrons. The Bertz CT molecular complexity index is 1240. The second kappa shape index (κ2) is 10.7. The van der Waals surface area contributed by atoms with Crippen LogP contribution in [0.25, 0.3) is 11.4 Å². The summed E-state index contributed by atoms with van der Waals surface area (Å²) < 4.78 is 36.6. The lowest BCUT2D eigenvalue weighted by atomic mass is 10.1. The summed E-state index contributed by atoms with van der Waals surface area (Å²) in [6.45, 7) is 4.21. The second-order valence-electron chi connectivity index (χ2n) is 8.28. The van der Waals surface area contributed by atoms with Crippen LogP contribution in [-0.2, 0) is 21.4 Å².